The quantitative estimate of drug-likeness (QED) is 0.202. The van der Waals surface area contributed by atoms with Gasteiger partial charge in [0.2, 0.25) is 0 Å². The zero-order valence-corrected chi connectivity index (χ0v) is 26.1. The molecule has 0 atom stereocenters. The van der Waals surface area contributed by atoms with E-state index in [9.17, 15) is 0 Å². The van der Waals surface area contributed by atoms with E-state index in [0.717, 1.165) is 22.1 Å². The number of nitrogens with zero attached hydrogens (tertiary/aromatic N) is 4. The molecule has 47 heavy (non-hydrogen) atoms. The van der Waals surface area contributed by atoms with Gasteiger partial charge < -0.3 is 9.13 Å². The van der Waals surface area contributed by atoms with E-state index >= 15 is 0 Å². The minimum absolute atomic E-state index is 0.0721. The summed E-state index contributed by atoms with van der Waals surface area (Å²) in [7, 11) is 0. The highest BCUT2D eigenvalue weighted by Crippen LogP contribution is 2.49. The Kier molecular flexibility index (Phi) is 5.31. The molecule has 4 heteroatoms. The zero-order chi connectivity index (χ0) is 31.3. The fraction of sp³-hybridized carbons (Fsp3) is 0.0698. The van der Waals surface area contributed by atoms with Crippen LogP contribution >= 0.6 is 0 Å². The van der Waals surface area contributed by atoms with Gasteiger partial charge in [-0.2, -0.15) is 0 Å². The summed E-state index contributed by atoms with van der Waals surface area (Å²) in [5.74, 6) is 0. The fourth-order valence-electron chi connectivity index (χ4n) is 8.06. The van der Waals surface area contributed by atoms with Crippen molar-refractivity contribution in [2.24, 2.45) is 0 Å². The molecule has 0 saturated heterocycles. The Labute approximate surface area is 272 Å². The lowest BCUT2D eigenvalue weighted by atomic mass is 9.82. The lowest BCUT2D eigenvalue weighted by molar-refractivity contribution is 0.660. The topological polar surface area (TPSA) is 35.6 Å². The second-order valence-electron chi connectivity index (χ2n) is 13.2. The summed E-state index contributed by atoms with van der Waals surface area (Å²) in [5, 5.41) is 4.77. The van der Waals surface area contributed by atoms with Gasteiger partial charge in [-0.05, 0) is 88.0 Å². The largest absolute Gasteiger partial charge is 0.309 e. The van der Waals surface area contributed by atoms with E-state index in [1.807, 2.05) is 24.8 Å². The van der Waals surface area contributed by atoms with Crippen molar-refractivity contribution < 1.29 is 0 Å². The van der Waals surface area contributed by atoms with Crippen molar-refractivity contribution in [3.63, 3.8) is 0 Å². The minimum Gasteiger partial charge on any atom is -0.309 e. The average Bonchev–Trinajstić information content (AvgIpc) is 3.71. The number of pyridine rings is 2. The van der Waals surface area contributed by atoms with E-state index in [-0.39, 0.29) is 5.41 Å². The van der Waals surface area contributed by atoms with E-state index in [1.54, 1.807) is 0 Å². The highest BCUT2D eigenvalue weighted by molar-refractivity contribution is 6.12. The molecule has 1 aliphatic rings. The molecule has 0 radical (unpaired) electrons. The molecule has 0 spiro atoms. The summed E-state index contributed by atoms with van der Waals surface area (Å²) in [5.41, 5.74) is 14.6. The Morgan fingerprint density at radius 2 is 1.15 bits per heavy atom. The number of benzene rings is 5. The first kappa shape index (κ1) is 26.2. The van der Waals surface area contributed by atoms with Crippen LogP contribution in [0.2, 0.25) is 0 Å². The Bertz CT molecular complexity index is 2710. The molecule has 1 aliphatic carbocycles. The van der Waals surface area contributed by atoms with Crippen LogP contribution in [-0.4, -0.2) is 19.1 Å². The maximum atomic E-state index is 4.53. The molecule has 5 aromatic carbocycles. The molecule has 9 aromatic rings. The van der Waals surface area contributed by atoms with E-state index in [4.69, 9.17) is 0 Å². The lowest BCUT2D eigenvalue weighted by Gasteiger charge is -2.22. The molecule has 0 aliphatic heterocycles. The van der Waals surface area contributed by atoms with Crippen LogP contribution in [0.15, 0.2) is 146 Å². The Morgan fingerprint density at radius 1 is 0.447 bits per heavy atom. The van der Waals surface area contributed by atoms with Crippen LogP contribution in [0.3, 0.4) is 0 Å². The Morgan fingerprint density at radius 3 is 2.06 bits per heavy atom. The highest BCUT2D eigenvalue weighted by Gasteiger charge is 2.35. The van der Waals surface area contributed by atoms with Gasteiger partial charge in [-0.25, -0.2) is 0 Å². The summed E-state index contributed by atoms with van der Waals surface area (Å²) in [6.07, 6.45) is 7.76. The second kappa shape index (κ2) is 9.51. The van der Waals surface area contributed by atoms with E-state index in [1.165, 1.54) is 66.3 Å². The summed E-state index contributed by atoms with van der Waals surface area (Å²) in [4.78, 5) is 9.01. The molecule has 0 unspecified atom stereocenters. The molecular formula is C43H30N4. The van der Waals surface area contributed by atoms with E-state index in [0.29, 0.717) is 0 Å². The van der Waals surface area contributed by atoms with Gasteiger partial charge in [0.25, 0.3) is 0 Å². The summed E-state index contributed by atoms with van der Waals surface area (Å²) >= 11 is 0. The first-order valence-electron chi connectivity index (χ1n) is 16.1. The van der Waals surface area contributed by atoms with Crippen LogP contribution in [-0.2, 0) is 5.41 Å². The molecule has 4 heterocycles. The predicted molar refractivity (Wildman–Crippen MR) is 194 cm³/mol. The summed E-state index contributed by atoms with van der Waals surface area (Å²) < 4.78 is 4.73. The molecule has 0 amide bonds. The number of hydrogen-bond acceptors (Lipinski definition) is 2. The van der Waals surface area contributed by atoms with Gasteiger partial charge >= 0.3 is 0 Å². The van der Waals surface area contributed by atoms with E-state index in [2.05, 4.69) is 154 Å². The number of fused-ring (bicyclic) bond motifs is 9. The van der Waals surface area contributed by atoms with Crippen molar-refractivity contribution in [3.8, 4) is 33.6 Å². The van der Waals surface area contributed by atoms with Crippen LogP contribution in [0.25, 0.3) is 77.2 Å². The monoisotopic (exact) mass is 602 g/mol. The first-order chi connectivity index (χ1) is 23.1. The van der Waals surface area contributed by atoms with Crippen LogP contribution in [0, 0.1) is 0 Å². The summed E-state index contributed by atoms with van der Waals surface area (Å²) in [6.45, 7) is 4.69. The maximum absolute atomic E-state index is 4.53. The third kappa shape index (κ3) is 3.64. The molecular weight excluding hydrogens is 573 g/mol. The molecule has 0 N–H and O–H groups in total. The van der Waals surface area contributed by atoms with Crippen LogP contribution in [0.4, 0.5) is 0 Å². The first-order valence-corrected chi connectivity index (χ1v) is 16.1. The van der Waals surface area contributed by atoms with Crippen molar-refractivity contribution in [2.45, 2.75) is 19.3 Å². The van der Waals surface area contributed by atoms with Gasteiger partial charge in [0, 0.05) is 56.9 Å². The van der Waals surface area contributed by atoms with Gasteiger partial charge in [-0.15, -0.1) is 0 Å². The lowest BCUT2D eigenvalue weighted by Crippen LogP contribution is -2.15. The second-order valence-corrected chi connectivity index (χ2v) is 13.2. The SMILES string of the molecule is CC1(C)c2ccccc2-c2ccc(-n3c4ccncc4c4ccc(-c5ccc6c(c5)c5ccncc5n6-c5ccccc5)cc43)cc21. The number of aromatic nitrogens is 4. The van der Waals surface area contributed by atoms with Crippen LogP contribution in [0.5, 0.6) is 0 Å². The van der Waals surface area contributed by atoms with Crippen molar-refractivity contribution >= 4 is 43.6 Å². The fourth-order valence-corrected chi connectivity index (χ4v) is 8.06. The third-order valence-electron chi connectivity index (χ3n) is 10.3. The smallest absolute Gasteiger partial charge is 0.0724 e. The standard InChI is InChI=1S/C43H30N4/c1-43(2)37-11-7-6-10-31(37)32-16-14-30(24-38(32)43)47-40-19-21-44-25-36(40)33-15-12-28(23-41(33)47)27-13-17-39-35(22-27)34-18-20-45-26-42(34)46(39)29-8-4-3-5-9-29/h3-26H,1-2H3. The predicted octanol–water partition coefficient (Wildman–Crippen LogP) is 10.6. The highest BCUT2D eigenvalue weighted by atomic mass is 15.0. The van der Waals surface area contributed by atoms with Gasteiger partial charge in [0.1, 0.15) is 0 Å². The molecule has 0 bridgehead atoms. The molecule has 0 saturated carbocycles. The van der Waals surface area contributed by atoms with Crippen molar-refractivity contribution in [2.75, 3.05) is 0 Å². The van der Waals surface area contributed by atoms with Gasteiger partial charge in [-0.1, -0.05) is 80.6 Å². The maximum Gasteiger partial charge on any atom is 0.0724 e. The number of para-hydroxylation sites is 1. The van der Waals surface area contributed by atoms with Gasteiger partial charge in [0.15, 0.2) is 0 Å². The van der Waals surface area contributed by atoms with Crippen LogP contribution in [0.1, 0.15) is 25.0 Å². The van der Waals surface area contributed by atoms with Crippen molar-refractivity contribution in [1.29, 1.82) is 0 Å². The number of rotatable bonds is 3. The summed E-state index contributed by atoms with van der Waals surface area (Å²) in [6, 6.07) is 44.3. The molecule has 0 fully saturated rings. The molecule has 4 nitrogen and oxygen atoms in total. The van der Waals surface area contributed by atoms with Gasteiger partial charge in [0.05, 0.1) is 28.3 Å². The normalized spacial score (nSPS) is 13.5. The van der Waals surface area contributed by atoms with E-state index < -0.39 is 0 Å². The molecule has 10 rings (SSSR count). The van der Waals surface area contributed by atoms with Crippen LogP contribution < -0.4 is 0 Å². The molecule has 4 aromatic heterocycles. The molecule has 222 valence electrons. The van der Waals surface area contributed by atoms with Crippen molar-refractivity contribution in [3.05, 3.63) is 157 Å². The van der Waals surface area contributed by atoms with Gasteiger partial charge in [-0.3, -0.25) is 9.97 Å². The number of hydrogen-bond donors (Lipinski definition) is 0. The third-order valence-corrected chi connectivity index (χ3v) is 10.3. The zero-order valence-electron chi connectivity index (χ0n) is 26.1. The minimum atomic E-state index is -0.0721. The Balaban J connectivity index is 1.18. The average molecular weight is 603 g/mol. The van der Waals surface area contributed by atoms with Crippen molar-refractivity contribution in [1.82, 2.24) is 19.1 Å². The Hall–Kier alpha value is -6.00.